The Morgan fingerprint density at radius 2 is 1.77 bits per heavy atom. The van der Waals surface area contributed by atoms with Crippen molar-refractivity contribution >= 4 is 27.9 Å². The second-order valence-electron chi connectivity index (χ2n) is 5.16. The number of carbonyl (C=O) groups excluding carboxylic acids is 1. The maximum Gasteiger partial charge on any atom is 0.200 e. The molecule has 0 radical (unpaired) electrons. The van der Waals surface area contributed by atoms with Crippen molar-refractivity contribution in [2.75, 3.05) is 0 Å². The summed E-state index contributed by atoms with van der Waals surface area (Å²) in [6.45, 7) is 3.82. The minimum absolute atomic E-state index is 0. The van der Waals surface area contributed by atoms with Gasteiger partial charge in [0.1, 0.15) is 11.2 Å². The lowest BCUT2D eigenvalue weighted by molar-refractivity contribution is -0.304. The van der Waals surface area contributed by atoms with E-state index in [1.807, 2.05) is 19.9 Å². The van der Waals surface area contributed by atoms with Gasteiger partial charge in [0.15, 0.2) is 0 Å². The first-order chi connectivity index (χ1) is 9.99. The van der Waals surface area contributed by atoms with Gasteiger partial charge in [0, 0.05) is 18.0 Å². The number of fused-ring (bicyclic) bond motifs is 2. The van der Waals surface area contributed by atoms with Crippen molar-refractivity contribution < 1.29 is 14.3 Å². The molecule has 0 aliphatic heterocycles. The minimum atomic E-state index is -1.20. The Morgan fingerprint density at radius 3 is 2.45 bits per heavy atom. The zero-order valence-electron chi connectivity index (χ0n) is 12.7. The van der Waals surface area contributed by atoms with Crippen molar-refractivity contribution in [3.8, 4) is 0 Å². The van der Waals surface area contributed by atoms with Crippen LogP contribution in [0.15, 0.2) is 39.5 Å². The van der Waals surface area contributed by atoms with Gasteiger partial charge in [-0.25, -0.2) is 0 Å². The van der Waals surface area contributed by atoms with E-state index >= 15 is 0 Å². The average molecular weight is 299 g/mol. The van der Waals surface area contributed by atoms with Crippen LogP contribution in [-0.4, -0.2) is 5.97 Å². The van der Waals surface area contributed by atoms with Gasteiger partial charge in [0.05, 0.1) is 10.8 Å². The van der Waals surface area contributed by atoms with Crippen molar-refractivity contribution in [2.45, 2.75) is 20.3 Å². The molecule has 0 atom stereocenters. The number of carboxylic acid groups (broad SMARTS) is 1. The maximum absolute atomic E-state index is 12.6. The first-order valence-corrected chi connectivity index (χ1v) is 6.63. The van der Waals surface area contributed by atoms with Gasteiger partial charge in [-0.2, -0.15) is 0 Å². The van der Waals surface area contributed by atoms with E-state index in [1.54, 1.807) is 24.3 Å². The molecule has 5 heteroatoms. The molecule has 0 bridgehead atoms. The highest BCUT2D eigenvalue weighted by Crippen LogP contribution is 2.25. The summed E-state index contributed by atoms with van der Waals surface area (Å²) >= 11 is 0. The molecule has 4 N–H and O–H groups in total. The Balaban J connectivity index is 0.00000176. The molecule has 0 saturated carbocycles. The lowest BCUT2D eigenvalue weighted by Crippen LogP contribution is -2.24. The van der Waals surface area contributed by atoms with Gasteiger partial charge in [-0.3, -0.25) is 4.79 Å². The molecule has 0 fully saturated rings. The highest BCUT2D eigenvalue weighted by Gasteiger charge is 2.13. The summed E-state index contributed by atoms with van der Waals surface area (Å²) in [5, 5.41) is 11.8. The van der Waals surface area contributed by atoms with Crippen LogP contribution in [0, 0.1) is 13.8 Å². The maximum atomic E-state index is 12.6. The molecule has 0 saturated heterocycles. The molecule has 1 aromatic heterocycles. The molecule has 0 unspecified atom stereocenters. The molecule has 0 amide bonds. The first-order valence-electron chi connectivity index (χ1n) is 6.63. The number of benzene rings is 2. The van der Waals surface area contributed by atoms with E-state index < -0.39 is 5.97 Å². The number of carbonyl (C=O) groups is 1. The van der Waals surface area contributed by atoms with Crippen LogP contribution < -0.4 is 16.7 Å². The number of hydrogen-bond acceptors (Lipinski definition) is 4. The van der Waals surface area contributed by atoms with Crippen molar-refractivity contribution in [3.05, 3.63) is 57.2 Å². The second-order valence-corrected chi connectivity index (χ2v) is 5.16. The van der Waals surface area contributed by atoms with E-state index in [9.17, 15) is 14.7 Å². The summed E-state index contributed by atoms with van der Waals surface area (Å²) in [4.78, 5) is 23.4. The van der Waals surface area contributed by atoms with E-state index in [1.165, 1.54) is 0 Å². The predicted molar refractivity (Wildman–Crippen MR) is 84.2 cm³/mol. The quantitative estimate of drug-likeness (QED) is 0.732. The molecule has 5 nitrogen and oxygen atoms in total. The number of aliphatic carboxylic acids is 1. The molecule has 0 aliphatic carbocycles. The van der Waals surface area contributed by atoms with Crippen molar-refractivity contribution in [1.82, 2.24) is 6.15 Å². The number of para-hydroxylation sites is 1. The summed E-state index contributed by atoms with van der Waals surface area (Å²) in [5.74, 6) is -1.20. The standard InChI is InChI=1S/C17H14O4.H3N/c1-9-6-7-13-15(20)12-5-3-4-11(8-14(18)19)17(12)21-16(13)10(9)2;/h3-7H,8H2,1-2H3,(H,18,19);1H3. The summed E-state index contributed by atoms with van der Waals surface area (Å²) in [7, 11) is 0. The Labute approximate surface area is 126 Å². The minimum Gasteiger partial charge on any atom is -0.550 e. The summed E-state index contributed by atoms with van der Waals surface area (Å²) in [6.07, 6.45) is -0.281. The van der Waals surface area contributed by atoms with E-state index in [2.05, 4.69) is 0 Å². The second kappa shape index (κ2) is 5.61. The highest BCUT2D eigenvalue weighted by molar-refractivity contribution is 5.93. The van der Waals surface area contributed by atoms with Crippen LogP contribution in [0.5, 0.6) is 0 Å². The fourth-order valence-corrected chi connectivity index (χ4v) is 2.53. The smallest absolute Gasteiger partial charge is 0.200 e. The van der Waals surface area contributed by atoms with Crippen molar-refractivity contribution in [1.29, 1.82) is 0 Å². The van der Waals surface area contributed by atoms with Gasteiger partial charge in [-0.15, -0.1) is 0 Å². The molecule has 3 rings (SSSR count). The summed E-state index contributed by atoms with van der Waals surface area (Å²) in [5.41, 5.74) is 3.05. The average Bonchev–Trinajstić information content (AvgIpc) is 2.44. The van der Waals surface area contributed by atoms with E-state index in [0.29, 0.717) is 27.5 Å². The van der Waals surface area contributed by atoms with Crippen LogP contribution in [-0.2, 0) is 11.2 Å². The highest BCUT2D eigenvalue weighted by atomic mass is 16.4. The number of rotatable bonds is 2. The summed E-state index contributed by atoms with van der Waals surface area (Å²) < 4.78 is 5.88. The van der Waals surface area contributed by atoms with Crippen LogP contribution in [0.25, 0.3) is 21.9 Å². The molecule has 114 valence electrons. The number of quaternary nitrogens is 1. The zero-order valence-corrected chi connectivity index (χ0v) is 12.7. The normalized spacial score (nSPS) is 10.6. The largest absolute Gasteiger partial charge is 0.550 e. The fourth-order valence-electron chi connectivity index (χ4n) is 2.53. The van der Waals surface area contributed by atoms with Crippen molar-refractivity contribution in [2.24, 2.45) is 0 Å². The van der Waals surface area contributed by atoms with Gasteiger partial charge in [0.25, 0.3) is 0 Å². The van der Waals surface area contributed by atoms with E-state index in [-0.39, 0.29) is 18.0 Å². The van der Waals surface area contributed by atoms with E-state index in [0.717, 1.165) is 11.1 Å². The molecule has 0 spiro atoms. The Morgan fingerprint density at radius 1 is 1.09 bits per heavy atom. The molecule has 1 heterocycles. The van der Waals surface area contributed by atoms with Gasteiger partial charge >= 0.3 is 0 Å². The number of carboxylic acids is 1. The van der Waals surface area contributed by atoms with Crippen LogP contribution in [0.3, 0.4) is 0 Å². The molecular formula is C17H17NO4. The van der Waals surface area contributed by atoms with Gasteiger partial charge in [0.2, 0.25) is 5.43 Å². The zero-order chi connectivity index (χ0) is 15.1. The van der Waals surface area contributed by atoms with Crippen LogP contribution >= 0.6 is 0 Å². The summed E-state index contributed by atoms with van der Waals surface area (Å²) in [6, 6.07) is 8.57. The third-order valence-electron chi connectivity index (χ3n) is 3.80. The fraction of sp³-hybridized carbons (Fsp3) is 0.176. The molecule has 3 aromatic rings. The SMILES string of the molecule is Cc1ccc2c(=O)c3cccc(CC(=O)[O-])c3oc2c1C.[NH4+]. The third kappa shape index (κ3) is 2.35. The third-order valence-corrected chi connectivity index (χ3v) is 3.80. The van der Waals surface area contributed by atoms with Crippen molar-refractivity contribution in [3.63, 3.8) is 0 Å². The van der Waals surface area contributed by atoms with Crippen LogP contribution in [0.4, 0.5) is 0 Å². The Bertz CT molecular complexity index is 941. The van der Waals surface area contributed by atoms with Crippen LogP contribution in [0.1, 0.15) is 16.7 Å². The molecule has 22 heavy (non-hydrogen) atoms. The van der Waals surface area contributed by atoms with Crippen LogP contribution in [0.2, 0.25) is 0 Å². The van der Waals surface area contributed by atoms with Gasteiger partial charge in [-0.05, 0) is 37.1 Å². The number of aryl methyl sites for hydroxylation is 2. The number of hydrogen-bond donors (Lipinski definition) is 1. The van der Waals surface area contributed by atoms with E-state index in [4.69, 9.17) is 4.42 Å². The molecular weight excluding hydrogens is 282 g/mol. The molecule has 0 aliphatic rings. The predicted octanol–water partition coefficient (Wildman–Crippen LogP) is 2.23. The topological polar surface area (TPSA) is 107 Å². The first kappa shape index (κ1) is 15.7. The lowest BCUT2D eigenvalue weighted by atomic mass is 10.0. The Hall–Kier alpha value is -2.66. The molecule has 2 aromatic carbocycles. The Kier molecular flexibility index (Phi) is 4.01. The lowest BCUT2D eigenvalue weighted by Gasteiger charge is -2.10. The van der Waals surface area contributed by atoms with Gasteiger partial charge in [-0.1, -0.05) is 18.2 Å². The van der Waals surface area contributed by atoms with Gasteiger partial charge < -0.3 is 20.5 Å². The monoisotopic (exact) mass is 299 g/mol.